The monoisotopic (exact) mass is 326 g/mol. The maximum absolute atomic E-state index is 13.2. The van der Waals surface area contributed by atoms with Gasteiger partial charge in [-0.2, -0.15) is 13.2 Å². The Morgan fingerprint density at radius 3 is 2.36 bits per heavy atom. The van der Waals surface area contributed by atoms with Crippen LogP contribution in [0.1, 0.15) is 33.6 Å². The molecule has 0 aromatic heterocycles. The Morgan fingerprint density at radius 2 is 1.86 bits per heavy atom. The fraction of sp³-hybridized carbons (Fsp3) is 0.846. The summed E-state index contributed by atoms with van der Waals surface area (Å²) in [5, 5.41) is 10.9. The van der Waals surface area contributed by atoms with Gasteiger partial charge in [-0.1, -0.05) is 0 Å². The van der Waals surface area contributed by atoms with Gasteiger partial charge in [-0.05, 0) is 27.2 Å². The zero-order valence-corrected chi connectivity index (χ0v) is 12.8. The maximum Gasteiger partial charge on any atom is 0.418 e. The highest BCUT2D eigenvalue weighted by Gasteiger charge is 2.58. The number of alkyl halides is 3. The summed E-state index contributed by atoms with van der Waals surface area (Å²) in [5.74, 6) is -0.994. The van der Waals surface area contributed by atoms with Crippen molar-refractivity contribution in [3.8, 4) is 0 Å². The van der Waals surface area contributed by atoms with Crippen molar-refractivity contribution in [2.75, 3.05) is 19.6 Å². The number of nitrogens with one attached hydrogen (secondary N) is 1. The highest BCUT2D eigenvalue weighted by Crippen LogP contribution is 2.40. The molecule has 0 radical (unpaired) electrons. The number of rotatable bonds is 4. The van der Waals surface area contributed by atoms with Gasteiger partial charge in [0.05, 0.1) is 18.7 Å². The van der Waals surface area contributed by atoms with E-state index in [-0.39, 0.29) is 25.9 Å². The van der Waals surface area contributed by atoms with E-state index in [1.165, 1.54) is 13.8 Å². The number of urea groups is 1. The number of carbonyl (C=O) groups excluding carboxylic acids is 1. The molecule has 0 bridgehead atoms. The first-order valence-corrected chi connectivity index (χ1v) is 6.88. The van der Waals surface area contributed by atoms with E-state index in [0.717, 1.165) is 11.8 Å². The first kappa shape index (κ1) is 18.5. The van der Waals surface area contributed by atoms with Crippen molar-refractivity contribution in [3.05, 3.63) is 0 Å². The molecule has 2 amide bonds. The quantitative estimate of drug-likeness (QED) is 0.775. The first-order chi connectivity index (χ1) is 9.86. The van der Waals surface area contributed by atoms with E-state index >= 15 is 0 Å². The molecule has 2 N–H and O–H groups in total. The van der Waals surface area contributed by atoms with Crippen molar-refractivity contribution >= 4 is 12.0 Å². The summed E-state index contributed by atoms with van der Waals surface area (Å²) in [6, 6.07) is -0.655. The molecule has 0 aliphatic carbocycles. The van der Waals surface area contributed by atoms with Crippen molar-refractivity contribution in [3.63, 3.8) is 0 Å². The normalized spacial score (nSPS) is 24.9. The summed E-state index contributed by atoms with van der Waals surface area (Å²) < 4.78 is 44.6. The summed E-state index contributed by atoms with van der Waals surface area (Å²) in [6.07, 6.45) is -4.51. The van der Waals surface area contributed by atoms with E-state index in [4.69, 9.17) is 9.84 Å². The third kappa shape index (κ3) is 4.75. The molecule has 22 heavy (non-hydrogen) atoms. The summed E-state index contributed by atoms with van der Waals surface area (Å²) in [5.41, 5.74) is -3.58. The van der Waals surface area contributed by atoms with Crippen molar-refractivity contribution in [1.29, 1.82) is 0 Å². The average molecular weight is 326 g/mol. The lowest BCUT2D eigenvalue weighted by Crippen LogP contribution is -2.66. The van der Waals surface area contributed by atoms with Crippen LogP contribution < -0.4 is 5.32 Å². The van der Waals surface area contributed by atoms with E-state index in [2.05, 4.69) is 5.32 Å². The number of carbonyl (C=O) groups is 2. The molecule has 1 rings (SSSR count). The van der Waals surface area contributed by atoms with Crippen LogP contribution in [0.25, 0.3) is 0 Å². The molecule has 1 atom stereocenters. The van der Waals surface area contributed by atoms with Crippen molar-refractivity contribution in [1.82, 2.24) is 10.2 Å². The number of nitrogens with zero attached hydrogens (tertiary/aromatic N) is 1. The molecule has 1 unspecified atom stereocenters. The standard InChI is InChI=1S/C13H21F3N2O4/c1-11(2)7-18(8-12(3,22-11)13(14,15)16)10(21)17-6-4-5-9(19)20/h4-8H2,1-3H3,(H,17,21)(H,19,20). The minimum atomic E-state index is -4.60. The molecular weight excluding hydrogens is 305 g/mol. The van der Waals surface area contributed by atoms with Crippen LogP contribution in [0.15, 0.2) is 0 Å². The third-order valence-electron chi connectivity index (χ3n) is 3.30. The van der Waals surface area contributed by atoms with E-state index in [9.17, 15) is 22.8 Å². The minimum absolute atomic E-state index is 0.0173. The molecule has 1 aliphatic rings. The fourth-order valence-corrected chi connectivity index (χ4v) is 2.39. The molecule has 0 saturated carbocycles. The highest BCUT2D eigenvalue weighted by atomic mass is 19.4. The molecule has 1 saturated heterocycles. The van der Waals surface area contributed by atoms with Crippen LogP contribution in [0.4, 0.5) is 18.0 Å². The Morgan fingerprint density at radius 1 is 1.27 bits per heavy atom. The molecule has 6 nitrogen and oxygen atoms in total. The van der Waals surface area contributed by atoms with Crippen LogP contribution in [0.5, 0.6) is 0 Å². The zero-order chi connectivity index (χ0) is 17.2. The lowest BCUT2D eigenvalue weighted by Gasteiger charge is -2.48. The third-order valence-corrected chi connectivity index (χ3v) is 3.30. The average Bonchev–Trinajstić information content (AvgIpc) is 2.30. The summed E-state index contributed by atoms with van der Waals surface area (Å²) >= 11 is 0. The fourth-order valence-electron chi connectivity index (χ4n) is 2.39. The van der Waals surface area contributed by atoms with Crippen molar-refractivity contribution in [2.45, 2.75) is 51.0 Å². The van der Waals surface area contributed by atoms with Gasteiger partial charge in [0, 0.05) is 13.0 Å². The predicted molar refractivity (Wildman–Crippen MR) is 71.5 cm³/mol. The molecule has 9 heteroatoms. The molecule has 0 spiro atoms. The zero-order valence-electron chi connectivity index (χ0n) is 12.8. The SMILES string of the molecule is CC1(C)CN(C(=O)NCCCC(=O)O)CC(C)(C(F)(F)F)O1. The van der Waals surface area contributed by atoms with E-state index in [1.807, 2.05) is 0 Å². The van der Waals surface area contributed by atoms with Gasteiger partial charge < -0.3 is 20.1 Å². The Bertz CT molecular complexity index is 439. The van der Waals surface area contributed by atoms with Crippen molar-refractivity contribution < 1.29 is 32.6 Å². The Kier molecular flexibility index (Phi) is 5.32. The number of hydrogen-bond donors (Lipinski definition) is 2. The van der Waals surface area contributed by atoms with Gasteiger partial charge in [0.2, 0.25) is 0 Å². The van der Waals surface area contributed by atoms with Gasteiger partial charge in [-0.15, -0.1) is 0 Å². The molecular formula is C13H21F3N2O4. The van der Waals surface area contributed by atoms with E-state index < -0.39 is 35.9 Å². The second-order valence-corrected chi connectivity index (χ2v) is 6.18. The number of ether oxygens (including phenoxy) is 1. The van der Waals surface area contributed by atoms with Crippen LogP contribution in [-0.2, 0) is 9.53 Å². The van der Waals surface area contributed by atoms with E-state index in [1.54, 1.807) is 0 Å². The second kappa shape index (κ2) is 6.31. The summed E-state index contributed by atoms with van der Waals surface area (Å²) in [7, 11) is 0. The minimum Gasteiger partial charge on any atom is -0.481 e. The topological polar surface area (TPSA) is 78.9 Å². The molecule has 1 heterocycles. The summed E-state index contributed by atoms with van der Waals surface area (Å²) in [6.45, 7) is 3.39. The summed E-state index contributed by atoms with van der Waals surface area (Å²) in [4.78, 5) is 23.4. The maximum atomic E-state index is 13.2. The van der Waals surface area contributed by atoms with Gasteiger partial charge >= 0.3 is 18.2 Å². The van der Waals surface area contributed by atoms with Gasteiger partial charge in [0.15, 0.2) is 5.60 Å². The Labute approximate surface area is 126 Å². The van der Waals surface area contributed by atoms with Gasteiger partial charge in [0.1, 0.15) is 0 Å². The molecule has 0 aromatic rings. The molecule has 1 aliphatic heterocycles. The number of halogens is 3. The lowest BCUT2D eigenvalue weighted by atomic mass is 9.97. The first-order valence-electron chi connectivity index (χ1n) is 6.88. The number of amides is 2. The largest absolute Gasteiger partial charge is 0.481 e. The van der Waals surface area contributed by atoms with E-state index in [0.29, 0.717) is 0 Å². The van der Waals surface area contributed by atoms with Crippen LogP contribution in [0.3, 0.4) is 0 Å². The van der Waals surface area contributed by atoms with Crippen LogP contribution in [-0.4, -0.2) is 59.0 Å². The number of carboxylic acid groups (broad SMARTS) is 1. The van der Waals surface area contributed by atoms with Crippen LogP contribution in [0, 0.1) is 0 Å². The smallest absolute Gasteiger partial charge is 0.418 e. The highest BCUT2D eigenvalue weighted by molar-refractivity contribution is 5.74. The van der Waals surface area contributed by atoms with Crippen LogP contribution in [0.2, 0.25) is 0 Å². The number of carboxylic acids is 1. The van der Waals surface area contributed by atoms with Gasteiger partial charge in [0.25, 0.3) is 0 Å². The molecule has 0 aromatic carbocycles. The number of aliphatic carboxylic acids is 1. The lowest BCUT2D eigenvalue weighted by molar-refractivity contribution is -0.318. The number of hydrogen-bond acceptors (Lipinski definition) is 3. The Hall–Kier alpha value is -1.51. The molecule has 128 valence electrons. The van der Waals surface area contributed by atoms with Gasteiger partial charge in [-0.3, -0.25) is 4.79 Å². The second-order valence-electron chi connectivity index (χ2n) is 6.18. The van der Waals surface area contributed by atoms with Crippen LogP contribution >= 0.6 is 0 Å². The number of morpholine rings is 1. The molecule has 1 fully saturated rings. The predicted octanol–water partition coefficient (Wildman–Crippen LogP) is 1.99. The Balaban J connectivity index is 2.69. The van der Waals surface area contributed by atoms with Crippen molar-refractivity contribution in [2.24, 2.45) is 0 Å². The van der Waals surface area contributed by atoms with Gasteiger partial charge in [-0.25, -0.2) is 4.79 Å².